The lowest BCUT2D eigenvalue weighted by Crippen LogP contribution is -2.24. The van der Waals surface area contributed by atoms with E-state index in [-0.39, 0.29) is 6.04 Å². The smallest absolute Gasteiger partial charge is 0.123 e. The molecule has 106 valence electrons. The minimum Gasteiger partial charge on any atom is -0.384 e. The Morgan fingerprint density at radius 2 is 2.10 bits per heavy atom. The van der Waals surface area contributed by atoms with Crippen molar-refractivity contribution in [1.82, 2.24) is 15.3 Å². The van der Waals surface area contributed by atoms with Crippen LogP contribution in [0.2, 0.25) is 10.0 Å². The third-order valence-corrected chi connectivity index (χ3v) is 3.41. The van der Waals surface area contributed by atoms with Crippen molar-refractivity contribution in [3.63, 3.8) is 0 Å². The maximum absolute atomic E-state index is 6.23. The summed E-state index contributed by atoms with van der Waals surface area (Å²) < 4.78 is 0. The molecule has 0 aliphatic rings. The van der Waals surface area contributed by atoms with E-state index in [1.54, 1.807) is 18.5 Å². The number of nitrogens with one attached hydrogen (secondary N) is 1. The number of pyridine rings is 2. The Hall–Kier alpha value is -1.36. The van der Waals surface area contributed by atoms with E-state index in [0.29, 0.717) is 15.9 Å². The molecule has 6 heteroatoms. The summed E-state index contributed by atoms with van der Waals surface area (Å²) in [4.78, 5) is 8.34. The Morgan fingerprint density at radius 1 is 1.30 bits per heavy atom. The van der Waals surface area contributed by atoms with Crippen molar-refractivity contribution in [2.45, 2.75) is 19.4 Å². The molecule has 1 atom stereocenters. The monoisotopic (exact) mass is 310 g/mol. The van der Waals surface area contributed by atoms with Gasteiger partial charge in [0.05, 0.1) is 21.8 Å². The maximum atomic E-state index is 6.23. The number of nitrogens with zero attached hydrogens (tertiary/aromatic N) is 2. The predicted octanol–water partition coefficient (Wildman–Crippen LogP) is 3.26. The molecule has 2 rings (SSSR count). The standard InChI is InChI=1S/C14H16Cl2N4/c1-2-18-12(5-9-3-4-19-13(17)6-9)14-11(16)7-10(15)8-20-14/h3-4,6-8,12,18H,2,5H2,1H3,(H2,17,19). The molecule has 0 amide bonds. The van der Waals surface area contributed by atoms with Crippen LogP contribution in [0.1, 0.15) is 24.2 Å². The zero-order valence-corrected chi connectivity index (χ0v) is 12.6. The van der Waals surface area contributed by atoms with Crippen molar-refractivity contribution in [3.05, 3.63) is 51.9 Å². The number of likely N-dealkylation sites (N-methyl/N-ethyl adjacent to an activating group) is 1. The highest BCUT2D eigenvalue weighted by molar-refractivity contribution is 6.34. The number of halogens is 2. The minimum atomic E-state index is 0.00608. The normalized spacial score (nSPS) is 12.3. The average Bonchev–Trinajstić information content (AvgIpc) is 2.38. The summed E-state index contributed by atoms with van der Waals surface area (Å²) >= 11 is 12.1. The summed E-state index contributed by atoms with van der Waals surface area (Å²) in [6, 6.07) is 5.50. The van der Waals surface area contributed by atoms with Gasteiger partial charge in [0.15, 0.2) is 0 Å². The number of nitrogen functional groups attached to an aromatic ring is 1. The molecule has 2 aromatic heterocycles. The average molecular weight is 311 g/mol. The second-order valence-electron chi connectivity index (χ2n) is 4.42. The van der Waals surface area contributed by atoms with Gasteiger partial charge in [-0.25, -0.2) is 4.98 Å². The van der Waals surface area contributed by atoms with Gasteiger partial charge < -0.3 is 11.1 Å². The van der Waals surface area contributed by atoms with E-state index < -0.39 is 0 Å². The van der Waals surface area contributed by atoms with Crippen molar-refractivity contribution >= 4 is 29.0 Å². The van der Waals surface area contributed by atoms with Gasteiger partial charge in [0.2, 0.25) is 0 Å². The first-order valence-corrected chi connectivity index (χ1v) is 7.10. The molecule has 0 aliphatic heterocycles. The number of nitrogens with two attached hydrogens (primary N) is 1. The lowest BCUT2D eigenvalue weighted by atomic mass is 10.0. The summed E-state index contributed by atoms with van der Waals surface area (Å²) in [7, 11) is 0. The van der Waals surface area contributed by atoms with Crippen molar-refractivity contribution in [3.8, 4) is 0 Å². The van der Waals surface area contributed by atoms with E-state index in [0.717, 1.165) is 24.2 Å². The first-order chi connectivity index (χ1) is 9.60. The quantitative estimate of drug-likeness (QED) is 0.889. The molecule has 20 heavy (non-hydrogen) atoms. The summed E-state index contributed by atoms with van der Waals surface area (Å²) in [5.41, 5.74) is 7.57. The molecule has 0 saturated carbocycles. The van der Waals surface area contributed by atoms with Crippen molar-refractivity contribution in [2.75, 3.05) is 12.3 Å². The highest BCUT2D eigenvalue weighted by atomic mass is 35.5. The van der Waals surface area contributed by atoms with E-state index in [1.165, 1.54) is 0 Å². The van der Waals surface area contributed by atoms with Crippen LogP contribution in [0, 0.1) is 0 Å². The van der Waals surface area contributed by atoms with Crippen LogP contribution < -0.4 is 11.1 Å². The van der Waals surface area contributed by atoms with Crippen LogP contribution in [0.4, 0.5) is 5.82 Å². The van der Waals surface area contributed by atoms with Gasteiger partial charge >= 0.3 is 0 Å². The van der Waals surface area contributed by atoms with Gasteiger partial charge in [-0.05, 0) is 36.7 Å². The molecule has 2 heterocycles. The van der Waals surface area contributed by atoms with Gasteiger partial charge in [-0.15, -0.1) is 0 Å². The molecule has 2 aromatic rings. The van der Waals surface area contributed by atoms with Crippen LogP contribution in [0.25, 0.3) is 0 Å². The number of anilines is 1. The van der Waals surface area contributed by atoms with Gasteiger partial charge in [-0.3, -0.25) is 4.98 Å². The molecule has 0 bridgehead atoms. The van der Waals surface area contributed by atoms with E-state index in [9.17, 15) is 0 Å². The van der Waals surface area contributed by atoms with Crippen molar-refractivity contribution < 1.29 is 0 Å². The third kappa shape index (κ3) is 3.82. The molecule has 0 saturated heterocycles. The van der Waals surface area contributed by atoms with E-state index in [1.807, 2.05) is 19.1 Å². The largest absolute Gasteiger partial charge is 0.384 e. The molecular formula is C14H16Cl2N4. The van der Waals surface area contributed by atoms with Crippen LogP contribution in [0.5, 0.6) is 0 Å². The molecule has 0 radical (unpaired) electrons. The summed E-state index contributed by atoms with van der Waals surface area (Å²) in [5, 5.41) is 4.47. The lowest BCUT2D eigenvalue weighted by Gasteiger charge is -2.19. The second kappa shape index (κ2) is 6.88. The van der Waals surface area contributed by atoms with Crippen molar-refractivity contribution in [2.24, 2.45) is 0 Å². The van der Waals surface area contributed by atoms with Crippen LogP contribution in [0.15, 0.2) is 30.6 Å². The van der Waals surface area contributed by atoms with Gasteiger partial charge in [-0.2, -0.15) is 0 Å². The first kappa shape index (κ1) is 15.0. The molecule has 4 nitrogen and oxygen atoms in total. The SMILES string of the molecule is CCNC(Cc1ccnc(N)c1)c1ncc(Cl)cc1Cl. The van der Waals surface area contributed by atoms with E-state index >= 15 is 0 Å². The first-order valence-electron chi connectivity index (χ1n) is 6.35. The minimum absolute atomic E-state index is 0.00608. The maximum Gasteiger partial charge on any atom is 0.123 e. The number of rotatable bonds is 5. The lowest BCUT2D eigenvalue weighted by molar-refractivity contribution is 0.537. The summed E-state index contributed by atoms with van der Waals surface area (Å²) in [6.45, 7) is 2.85. The number of hydrogen-bond acceptors (Lipinski definition) is 4. The van der Waals surface area contributed by atoms with Gasteiger partial charge in [0.1, 0.15) is 5.82 Å². The molecule has 0 aromatic carbocycles. The Morgan fingerprint density at radius 3 is 2.75 bits per heavy atom. The van der Waals surface area contributed by atoms with E-state index in [2.05, 4.69) is 15.3 Å². The van der Waals surface area contributed by atoms with E-state index in [4.69, 9.17) is 28.9 Å². The number of hydrogen-bond donors (Lipinski definition) is 2. The predicted molar refractivity (Wildman–Crippen MR) is 83.0 cm³/mol. The molecular weight excluding hydrogens is 295 g/mol. The van der Waals surface area contributed by atoms with Gasteiger partial charge in [0, 0.05) is 12.4 Å². The summed E-state index contributed by atoms with van der Waals surface area (Å²) in [6.07, 6.45) is 4.04. The Balaban J connectivity index is 2.26. The third-order valence-electron chi connectivity index (χ3n) is 2.90. The molecule has 3 N–H and O–H groups in total. The number of aromatic nitrogens is 2. The van der Waals surface area contributed by atoms with Crippen LogP contribution >= 0.6 is 23.2 Å². The Bertz CT molecular complexity index is 589. The highest BCUT2D eigenvalue weighted by Gasteiger charge is 2.16. The van der Waals surface area contributed by atoms with Gasteiger partial charge in [-0.1, -0.05) is 30.1 Å². The molecule has 0 fully saturated rings. The zero-order valence-electron chi connectivity index (χ0n) is 11.1. The Labute approximate surface area is 128 Å². The Kier molecular flexibility index (Phi) is 5.17. The summed E-state index contributed by atoms with van der Waals surface area (Å²) in [5.74, 6) is 0.507. The molecule has 0 spiro atoms. The van der Waals surface area contributed by atoms with Crippen LogP contribution in [-0.2, 0) is 6.42 Å². The second-order valence-corrected chi connectivity index (χ2v) is 5.27. The molecule has 1 unspecified atom stereocenters. The fourth-order valence-electron chi connectivity index (χ4n) is 2.05. The zero-order chi connectivity index (χ0) is 14.5. The van der Waals surface area contributed by atoms with Gasteiger partial charge in [0.25, 0.3) is 0 Å². The fraction of sp³-hybridized carbons (Fsp3) is 0.286. The topological polar surface area (TPSA) is 63.8 Å². The molecule has 0 aliphatic carbocycles. The fourth-order valence-corrected chi connectivity index (χ4v) is 2.56. The van der Waals surface area contributed by atoms with Crippen molar-refractivity contribution in [1.29, 1.82) is 0 Å². The van der Waals surface area contributed by atoms with Crippen LogP contribution in [-0.4, -0.2) is 16.5 Å². The highest BCUT2D eigenvalue weighted by Crippen LogP contribution is 2.26. The van der Waals surface area contributed by atoms with Crippen LogP contribution in [0.3, 0.4) is 0 Å².